The summed E-state index contributed by atoms with van der Waals surface area (Å²) in [7, 11) is 0. The van der Waals surface area contributed by atoms with E-state index in [2.05, 4.69) is 23.8 Å². The molecule has 0 fully saturated rings. The van der Waals surface area contributed by atoms with Crippen LogP contribution < -0.4 is 5.73 Å². The number of nitrogens with zero attached hydrogens (tertiary/aromatic N) is 2. The quantitative estimate of drug-likeness (QED) is 0.616. The maximum Gasteiger partial charge on any atom is 0.131 e. The third-order valence-corrected chi connectivity index (χ3v) is 3.31. The first kappa shape index (κ1) is 11.3. The summed E-state index contributed by atoms with van der Waals surface area (Å²) in [6.45, 7) is 8.23. The number of hydrogen-bond acceptors (Lipinski definition) is 4. The van der Waals surface area contributed by atoms with E-state index in [0.717, 1.165) is 22.2 Å². The molecule has 1 aromatic heterocycles. The predicted molar refractivity (Wildman–Crippen MR) is 61.5 cm³/mol. The molecule has 0 spiro atoms. The number of aryl methyl sites for hydroxylation is 1. The van der Waals surface area contributed by atoms with Crippen molar-refractivity contribution in [3.8, 4) is 0 Å². The maximum atomic E-state index is 5.76. The number of rotatable bonds is 3. The zero-order valence-electron chi connectivity index (χ0n) is 9.16. The van der Waals surface area contributed by atoms with Gasteiger partial charge in [0.25, 0.3) is 0 Å². The fraction of sp³-hybridized carbons (Fsp3) is 0.600. The number of anilines is 1. The largest absolute Gasteiger partial charge is 0.383 e. The Labute approximate surface area is 89.5 Å². The Bertz CT molecular complexity index is 323. The highest BCUT2D eigenvalue weighted by Gasteiger charge is 2.07. The van der Waals surface area contributed by atoms with Gasteiger partial charge in [-0.05, 0) is 19.8 Å². The molecule has 1 aromatic rings. The van der Waals surface area contributed by atoms with Crippen LogP contribution in [0.3, 0.4) is 0 Å². The molecule has 1 rings (SSSR count). The van der Waals surface area contributed by atoms with Gasteiger partial charge in [-0.25, -0.2) is 9.97 Å². The van der Waals surface area contributed by atoms with Gasteiger partial charge < -0.3 is 5.73 Å². The molecule has 14 heavy (non-hydrogen) atoms. The number of aromatic nitrogens is 2. The highest BCUT2D eigenvalue weighted by Crippen LogP contribution is 2.24. The lowest BCUT2D eigenvalue weighted by atomic mass is 10.3. The zero-order chi connectivity index (χ0) is 10.7. The van der Waals surface area contributed by atoms with E-state index < -0.39 is 0 Å². The van der Waals surface area contributed by atoms with Gasteiger partial charge in [0.1, 0.15) is 16.7 Å². The lowest BCUT2D eigenvalue weighted by molar-refractivity contribution is 0.748. The minimum atomic E-state index is 0.601. The molecule has 0 saturated heterocycles. The Morgan fingerprint density at radius 1 is 1.29 bits per heavy atom. The van der Waals surface area contributed by atoms with Crippen molar-refractivity contribution < 1.29 is 0 Å². The molecule has 0 aliphatic rings. The first-order valence-electron chi connectivity index (χ1n) is 4.74. The third-order valence-electron chi connectivity index (χ3n) is 1.80. The topological polar surface area (TPSA) is 51.8 Å². The molecule has 0 aromatic carbocycles. The Balaban J connectivity index is 2.85. The minimum absolute atomic E-state index is 0.601. The molecule has 0 radical (unpaired) electrons. The molecule has 0 bridgehead atoms. The maximum absolute atomic E-state index is 5.76. The van der Waals surface area contributed by atoms with Crippen LogP contribution in [0.5, 0.6) is 0 Å². The molecule has 0 aliphatic heterocycles. The van der Waals surface area contributed by atoms with Crippen molar-refractivity contribution in [2.75, 3.05) is 11.5 Å². The number of hydrogen-bond donors (Lipinski definition) is 1. The fourth-order valence-corrected chi connectivity index (χ4v) is 2.02. The minimum Gasteiger partial charge on any atom is -0.383 e. The number of nitrogen functional groups attached to an aromatic ring is 1. The molecule has 0 saturated carbocycles. The summed E-state index contributed by atoms with van der Waals surface area (Å²) in [5, 5.41) is 1.02. The lowest BCUT2D eigenvalue weighted by Crippen LogP contribution is -2.02. The van der Waals surface area contributed by atoms with Gasteiger partial charge in [-0.2, -0.15) is 0 Å². The van der Waals surface area contributed by atoms with Crippen LogP contribution in [0.25, 0.3) is 0 Å². The zero-order valence-corrected chi connectivity index (χ0v) is 9.98. The summed E-state index contributed by atoms with van der Waals surface area (Å²) in [6, 6.07) is 0. The van der Waals surface area contributed by atoms with Crippen molar-refractivity contribution in [3.63, 3.8) is 0 Å². The van der Waals surface area contributed by atoms with Crippen molar-refractivity contribution in [2.24, 2.45) is 5.92 Å². The average molecular weight is 211 g/mol. The van der Waals surface area contributed by atoms with Crippen molar-refractivity contribution in [3.05, 3.63) is 11.4 Å². The van der Waals surface area contributed by atoms with E-state index >= 15 is 0 Å². The molecular formula is C10H17N3S. The Morgan fingerprint density at radius 3 is 2.50 bits per heavy atom. The molecule has 1 heterocycles. The van der Waals surface area contributed by atoms with Gasteiger partial charge in [0, 0.05) is 11.3 Å². The Hall–Kier alpha value is -0.770. The van der Waals surface area contributed by atoms with Gasteiger partial charge in [0.2, 0.25) is 0 Å². The first-order chi connectivity index (χ1) is 6.50. The summed E-state index contributed by atoms with van der Waals surface area (Å²) in [4.78, 5) is 8.49. The SMILES string of the molecule is Cc1nc(N)c(C)c(SCC(C)C)n1. The number of nitrogens with two attached hydrogens (primary N) is 1. The first-order valence-corrected chi connectivity index (χ1v) is 5.72. The predicted octanol–water partition coefficient (Wildman–Crippen LogP) is 2.42. The monoisotopic (exact) mass is 211 g/mol. The fourth-order valence-electron chi connectivity index (χ4n) is 1.01. The standard InChI is InChI=1S/C10H17N3S/c1-6(2)5-14-10-7(3)9(11)12-8(4)13-10/h6H,5H2,1-4H3,(H2,11,12,13). The van der Waals surface area contributed by atoms with E-state index in [1.807, 2.05) is 13.8 Å². The van der Waals surface area contributed by atoms with Gasteiger partial charge in [0.15, 0.2) is 0 Å². The summed E-state index contributed by atoms with van der Waals surface area (Å²) in [6.07, 6.45) is 0. The average Bonchev–Trinajstić information content (AvgIpc) is 2.08. The molecule has 0 amide bonds. The van der Waals surface area contributed by atoms with E-state index in [4.69, 9.17) is 5.73 Å². The Morgan fingerprint density at radius 2 is 1.93 bits per heavy atom. The Kier molecular flexibility index (Phi) is 3.75. The van der Waals surface area contributed by atoms with E-state index in [1.165, 1.54) is 0 Å². The second-order valence-corrected chi connectivity index (χ2v) is 4.80. The highest BCUT2D eigenvalue weighted by molar-refractivity contribution is 7.99. The second kappa shape index (κ2) is 4.64. The molecule has 3 nitrogen and oxygen atoms in total. The van der Waals surface area contributed by atoms with E-state index in [1.54, 1.807) is 11.8 Å². The van der Waals surface area contributed by atoms with Crippen LogP contribution in [0.15, 0.2) is 5.03 Å². The van der Waals surface area contributed by atoms with Gasteiger partial charge in [-0.3, -0.25) is 0 Å². The smallest absolute Gasteiger partial charge is 0.131 e. The number of thioether (sulfide) groups is 1. The van der Waals surface area contributed by atoms with Crippen LogP contribution >= 0.6 is 11.8 Å². The highest BCUT2D eigenvalue weighted by atomic mass is 32.2. The third kappa shape index (κ3) is 2.87. The van der Waals surface area contributed by atoms with Crippen molar-refractivity contribution >= 4 is 17.6 Å². The van der Waals surface area contributed by atoms with Crippen LogP contribution in [-0.4, -0.2) is 15.7 Å². The van der Waals surface area contributed by atoms with Crippen LogP contribution in [0.2, 0.25) is 0 Å². The second-order valence-electron chi connectivity index (χ2n) is 3.79. The molecule has 0 unspecified atom stereocenters. The molecule has 4 heteroatoms. The van der Waals surface area contributed by atoms with Gasteiger partial charge >= 0.3 is 0 Å². The molecule has 78 valence electrons. The van der Waals surface area contributed by atoms with Crippen LogP contribution in [0, 0.1) is 19.8 Å². The summed E-state index contributed by atoms with van der Waals surface area (Å²) in [5.41, 5.74) is 6.76. The van der Waals surface area contributed by atoms with E-state index in [0.29, 0.717) is 11.7 Å². The molecular weight excluding hydrogens is 194 g/mol. The molecule has 0 aliphatic carbocycles. The lowest BCUT2D eigenvalue weighted by Gasteiger charge is -2.08. The summed E-state index contributed by atoms with van der Waals surface area (Å²) in [5.74, 6) is 3.08. The molecule has 2 N–H and O–H groups in total. The van der Waals surface area contributed by atoms with Crippen molar-refractivity contribution in [1.82, 2.24) is 9.97 Å². The van der Waals surface area contributed by atoms with E-state index in [9.17, 15) is 0 Å². The van der Waals surface area contributed by atoms with Gasteiger partial charge in [-0.1, -0.05) is 13.8 Å². The van der Waals surface area contributed by atoms with Gasteiger partial charge in [-0.15, -0.1) is 11.8 Å². The molecule has 0 atom stereocenters. The van der Waals surface area contributed by atoms with Crippen LogP contribution in [0.1, 0.15) is 25.2 Å². The van der Waals surface area contributed by atoms with Crippen molar-refractivity contribution in [1.29, 1.82) is 0 Å². The van der Waals surface area contributed by atoms with Crippen molar-refractivity contribution in [2.45, 2.75) is 32.7 Å². The normalized spacial score (nSPS) is 10.9. The summed E-state index contributed by atoms with van der Waals surface area (Å²) >= 11 is 1.75. The summed E-state index contributed by atoms with van der Waals surface area (Å²) < 4.78 is 0. The van der Waals surface area contributed by atoms with Crippen LogP contribution in [0.4, 0.5) is 5.82 Å². The van der Waals surface area contributed by atoms with Gasteiger partial charge in [0.05, 0.1) is 0 Å². The van der Waals surface area contributed by atoms with E-state index in [-0.39, 0.29) is 0 Å². The van der Waals surface area contributed by atoms with Crippen LogP contribution in [-0.2, 0) is 0 Å².